The van der Waals surface area contributed by atoms with E-state index >= 15 is 0 Å². The number of alkyl halides is 3. The van der Waals surface area contributed by atoms with Gasteiger partial charge < -0.3 is 0 Å². The molecule has 0 unspecified atom stereocenters. The van der Waals surface area contributed by atoms with Crippen molar-refractivity contribution >= 4 is 15.9 Å². The van der Waals surface area contributed by atoms with E-state index in [4.69, 9.17) is 0 Å². The Morgan fingerprint density at radius 1 is 0.686 bits per heavy atom. The molecule has 5 heteroatoms. The van der Waals surface area contributed by atoms with Crippen LogP contribution < -0.4 is 0 Å². The van der Waals surface area contributed by atoms with E-state index in [0.717, 1.165) is 61.5 Å². The van der Waals surface area contributed by atoms with Gasteiger partial charge in [0.1, 0.15) is 17.2 Å². The number of rotatable bonds is 8. The van der Waals surface area contributed by atoms with Crippen LogP contribution in [0.5, 0.6) is 0 Å². The van der Waals surface area contributed by atoms with Crippen LogP contribution in [-0.2, 0) is 4.83 Å². The lowest BCUT2D eigenvalue weighted by atomic mass is 9.68. The molecule has 0 spiro atoms. The molecule has 3 saturated carbocycles. The highest BCUT2D eigenvalue weighted by Gasteiger charge is 2.36. The van der Waals surface area contributed by atoms with E-state index in [9.17, 15) is 17.6 Å². The maximum Gasteiger partial charge on any atom is 0.332 e. The third kappa shape index (κ3) is 7.26. The second kappa shape index (κ2) is 12.3. The minimum atomic E-state index is -3.69. The first-order valence-electron chi connectivity index (χ1n) is 14.3. The Morgan fingerprint density at radius 2 is 1.09 bits per heavy atom. The normalized spacial score (nSPS) is 32.5. The standard InChI is InChI=1S/C30H43BrF4/c1-2-3-20-6-12-23(13-7-20)24-14-8-21(9-15-24)4-5-22-10-16-25(17-11-22)26-18-27(32)29(28(33)19-26)30(31,34)35/h18-25H,2-17H2,1H3. The lowest BCUT2D eigenvalue weighted by Crippen LogP contribution is -2.26. The van der Waals surface area contributed by atoms with E-state index < -0.39 is 22.0 Å². The summed E-state index contributed by atoms with van der Waals surface area (Å²) in [6, 6.07) is 2.24. The molecule has 0 N–H and O–H groups in total. The maximum atomic E-state index is 14.2. The lowest BCUT2D eigenvalue weighted by Gasteiger charge is -2.38. The van der Waals surface area contributed by atoms with Crippen molar-refractivity contribution in [2.24, 2.45) is 29.6 Å². The Hall–Kier alpha value is -0.580. The second-order valence-corrected chi connectivity index (χ2v) is 13.0. The predicted molar refractivity (Wildman–Crippen MR) is 139 cm³/mol. The first-order chi connectivity index (χ1) is 16.7. The van der Waals surface area contributed by atoms with Crippen molar-refractivity contribution in [3.63, 3.8) is 0 Å². The topological polar surface area (TPSA) is 0 Å². The van der Waals surface area contributed by atoms with Crippen LogP contribution >= 0.6 is 15.9 Å². The fourth-order valence-electron chi connectivity index (χ4n) is 7.66. The Labute approximate surface area is 218 Å². The van der Waals surface area contributed by atoms with Gasteiger partial charge in [-0.15, -0.1) is 0 Å². The fourth-order valence-corrected chi connectivity index (χ4v) is 8.04. The van der Waals surface area contributed by atoms with E-state index in [0.29, 0.717) is 11.5 Å². The fraction of sp³-hybridized carbons (Fsp3) is 0.800. The second-order valence-electron chi connectivity index (χ2n) is 12.0. The molecular formula is C30H43BrF4. The monoisotopic (exact) mass is 558 g/mol. The highest BCUT2D eigenvalue weighted by molar-refractivity contribution is 9.09. The van der Waals surface area contributed by atoms with Gasteiger partial charge in [-0.1, -0.05) is 58.3 Å². The molecular weight excluding hydrogens is 516 g/mol. The van der Waals surface area contributed by atoms with Crippen LogP contribution in [0, 0.1) is 41.2 Å². The Balaban J connectivity index is 1.16. The Kier molecular flexibility index (Phi) is 9.66. The maximum absolute atomic E-state index is 14.2. The van der Waals surface area contributed by atoms with Crippen LogP contribution in [0.1, 0.15) is 127 Å². The molecule has 0 aliphatic heterocycles. The highest BCUT2D eigenvalue weighted by atomic mass is 79.9. The minimum absolute atomic E-state index is 0.0658. The van der Waals surface area contributed by atoms with E-state index in [2.05, 4.69) is 22.9 Å². The van der Waals surface area contributed by atoms with E-state index in [1.807, 2.05) is 0 Å². The average Bonchev–Trinajstić information content (AvgIpc) is 2.83. The molecule has 1 aromatic carbocycles. The zero-order valence-corrected chi connectivity index (χ0v) is 22.9. The number of hydrogen-bond acceptors (Lipinski definition) is 0. The van der Waals surface area contributed by atoms with Crippen LogP contribution in [0.4, 0.5) is 17.6 Å². The van der Waals surface area contributed by atoms with Crippen LogP contribution in [0.25, 0.3) is 0 Å². The summed E-state index contributed by atoms with van der Waals surface area (Å²) < 4.78 is 55.3. The summed E-state index contributed by atoms with van der Waals surface area (Å²) >= 11 is 2.08. The summed E-state index contributed by atoms with van der Waals surface area (Å²) in [7, 11) is 0. The molecule has 0 saturated heterocycles. The van der Waals surface area contributed by atoms with Crippen molar-refractivity contribution in [2.45, 2.75) is 120 Å². The van der Waals surface area contributed by atoms with Gasteiger partial charge in [-0.25, -0.2) is 8.78 Å². The van der Waals surface area contributed by atoms with Crippen molar-refractivity contribution in [1.82, 2.24) is 0 Å². The molecule has 1 aromatic rings. The molecule has 0 radical (unpaired) electrons. The Morgan fingerprint density at radius 3 is 1.49 bits per heavy atom. The van der Waals surface area contributed by atoms with E-state index in [1.165, 1.54) is 77.0 Å². The third-order valence-corrected chi connectivity index (χ3v) is 10.2. The van der Waals surface area contributed by atoms with Gasteiger partial charge in [-0.3, -0.25) is 0 Å². The summed E-state index contributed by atoms with van der Waals surface area (Å²) in [6.45, 7) is 2.32. The zero-order valence-electron chi connectivity index (χ0n) is 21.3. The van der Waals surface area contributed by atoms with Gasteiger partial charge in [0, 0.05) is 0 Å². The lowest BCUT2D eigenvalue weighted by molar-refractivity contribution is 0.105. The minimum Gasteiger partial charge on any atom is -0.206 e. The molecule has 0 nitrogen and oxygen atoms in total. The largest absolute Gasteiger partial charge is 0.332 e. The SMILES string of the molecule is CCCC1CCC(C2CCC(CCC3CCC(c4cc(F)c(C(F)(F)Br)c(F)c4)CC3)CC2)CC1. The molecule has 198 valence electrons. The predicted octanol–water partition coefficient (Wildman–Crippen LogP) is 10.9. The van der Waals surface area contributed by atoms with Gasteiger partial charge in [0.05, 0.1) is 0 Å². The molecule has 0 aromatic heterocycles. The van der Waals surface area contributed by atoms with Gasteiger partial charge in [0.2, 0.25) is 0 Å². The van der Waals surface area contributed by atoms with Gasteiger partial charge in [0.15, 0.2) is 0 Å². The molecule has 35 heavy (non-hydrogen) atoms. The summed E-state index contributed by atoms with van der Waals surface area (Å²) in [5.74, 6) is 2.28. The summed E-state index contributed by atoms with van der Waals surface area (Å²) in [5.41, 5.74) is -0.658. The van der Waals surface area contributed by atoms with E-state index in [-0.39, 0.29) is 5.92 Å². The van der Waals surface area contributed by atoms with Crippen molar-refractivity contribution in [3.8, 4) is 0 Å². The van der Waals surface area contributed by atoms with Gasteiger partial charge in [0.25, 0.3) is 0 Å². The van der Waals surface area contributed by atoms with Crippen molar-refractivity contribution in [3.05, 3.63) is 34.9 Å². The first kappa shape index (κ1) is 27.5. The molecule has 0 heterocycles. The molecule has 4 rings (SSSR count). The van der Waals surface area contributed by atoms with Crippen LogP contribution in [0.15, 0.2) is 12.1 Å². The Bertz CT molecular complexity index is 772. The van der Waals surface area contributed by atoms with Crippen molar-refractivity contribution < 1.29 is 17.6 Å². The molecule has 0 bridgehead atoms. The van der Waals surface area contributed by atoms with E-state index in [1.54, 1.807) is 0 Å². The van der Waals surface area contributed by atoms with Crippen molar-refractivity contribution in [2.75, 3.05) is 0 Å². The summed E-state index contributed by atoms with van der Waals surface area (Å²) in [6.07, 6.45) is 20.8. The summed E-state index contributed by atoms with van der Waals surface area (Å²) in [4.78, 5) is -3.69. The van der Waals surface area contributed by atoms with Crippen LogP contribution in [0.2, 0.25) is 0 Å². The number of halogens is 5. The number of benzene rings is 1. The molecule has 3 fully saturated rings. The van der Waals surface area contributed by atoms with Crippen LogP contribution in [-0.4, -0.2) is 0 Å². The van der Waals surface area contributed by atoms with Gasteiger partial charge >= 0.3 is 4.83 Å². The molecule has 3 aliphatic rings. The summed E-state index contributed by atoms with van der Waals surface area (Å²) in [5, 5.41) is 0. The highest BCUT2D eigenvalue weighted by Crippen LogP contribution is 2.45. The van der Waals surface area contributed by atoms with Crippen molar-refractivity contribution in [1.29, 1.82) is 0 Å². The van der Waals surface area contributed by atoms with Gasteiger partial charge in [-0.05, 0) is 121 Å². The zero-order chi connectivity index (χ0) is 25.0. The third-order valence-electron chi connectivity index (χ3n) is 9.80. The molecule has 0 atom stereocenters. The number of hydrogen-bond donors (Lipinski definition) is 0. The molecule has 3 aliphatic carbocycles. The average molecular weight is 560 g/mol. The van der Waals surface area contributed by atoms with Crippen LogP contribution in [0.3, 0.4) is 0 Å². The van der Waals surface area contributed by atoms with Gasteiger partial charge in [-0.2, -0.15) is 8.78 Å². The smallest absolute Gasteiger partial charge is 0.206 e. The first-order valence-corrected chi connectivity index (χ1v) is 15.1. The molecule has 0 amide bonds. The quantitative estimate of drug-likeness (QED) is 0.220.